The Labute approximate surface area is 194 Å². The molecule has 0 bridgehead atoms. The Morgan fingerprint density at radius 2 is 1.94 bits per heavy atom. The minimum atomic E-state index is -3.28. The fraction of sp³-hybridized carbons (Fsp3) is 0.375. The second-order valence-corrected chi connectivity index (χ2v) is 9.11. The van der Waals surface area contributed by atoms with E-state index >= 15 is 0 Å². The lowest BCUT2D eigenvalue weighted by Crippen LogP contribution is -2.22. The predicted molar refractivity (Wildman–Crippen MR) is 125 cm³/mol. The van der Waals surface area contributed by atoms with Gasteiger partial charge in [-0.05, 0) is 55.3 Å². The van der Waals surface area contributed by atoms with Gasteiger partial charge in [0.1, 0.15) is 17.1 Å². The van der Waals surface area contributed by atoms with Gasteiger partial charge in [-0.1, -0.05) is 32.1 Å². The lowest BCUT2D eigenvalue weighted by molar-refractivity contribution is 0.0692. The van der Waals surface area contributed by atoms with Crippen LogP contribution in [0, 0.1) is 11.7 Å². The average molecular weight is 475 g/mol. The SMILES string of the molecule is CCN(CC)CC=Cc1cc(F)ccc1N(c1ccc2c(c1C(=O)O)OCC1CC21)[SH](=O)=O. The number of ether oxygens (including phenoxy) is 1. The molecule has 2 unspecified atom stereocenters. The van der Waals surface area contributed by atoms with Crippen LogP contribution in [0.15, 0.2) is 36.4 Å². The third kappa shape index (κ3) is 4.60. The van der Waals surface area contributed by atoms with E-state index in [1.165, 1.54) is 18.2 Å². The lowest BCUT2D eigenvalue weighted by atomic mass is 9.99. The van der Waals surface area contributed by atoms with Crippen LogP contribution in [0.2, 0.25) is 0 Å². The Bertz CT molecular complexity index is 1170. The number of carboxylic acid groups (broad SMARTS) is 1. The Kier molecular flexibility index (Phi) is 6.71. The van der Waals surface area contributed by atoms with Gasteiger partial charge in [-0.15, -0.1) is 0 Å². The van der Waals surface area contributed by atoms with E-state index in [9.17, 15) is 22.7 Å². The number of halogens is 1. The maximum absolute atomic E-state index is 14.1. The minimum Gasteiger partial charge on any atom is -0.492 e. The monoisotopic (exact) mass is 474 g/mol. The molecule has 2 aliphatic rings. The van der Waals surface area contributed by atoms with Gasteiger partial charge in [0, 0.05) is 18.0 Å². The smallest absolute Gasteiger partial charge is 0.341 e. The Morgan fingerprint density at radius 1 is 1.21 bits per heavy atom. The highest BCUT2D eigenvalue weighted by Crippen LogP contribution is 2.55. The molecule has 0 amide bonds. The van der Waals surface area contributed by atoms with Gasteiger partial charge in [0.15, 0.2) is 0 Å². The summed E-state index contributed by atoms with van der Waals surface area (Å²) < 4.78 is 45.6. The molecule has 0 aromatic heterocycles. The van der Waals surface area contributed by atoms with Crippen molar-refractivity contribution in [2.45, 2.75) is 26.2 Å². The number of aromatic carboxylic acids is 1. The molecule has 2 atom stereocenters. The number of hydrogen-bond donors (Lipinski definition) is 2. The fourth-order valence-corrected chi connectivity index (χ4v) is 5.09. The molecule has 1 N–H and O–H groups in total. The van der Waals surface area contributed by atoms with Gasteiger partial charge < -0.3 is 14.7 Å². The van der Waals surface area contributed by atoms with Crippen molar-refractivity contribution in [3.8, 4) is 5.75 Å². The first kappa shape index (κ1) is 23.3. The number of thiol groups is 1. The van der Waals surface area contributed by atoms with E-state index in [4.69, 9.17) is 4.74 Å². The Hall–Kier alpha value is -2.91. The topological polar surface area (TPSA) is 87.2 Å². The highest BCUT2D eigenvalue weighted by Gasteiger charge is 2.45. The van der Waals surface area contributed by atoms with Gasteiger partial charge in [-0.3, -0.25) is 0 Å². The van der Waals surface area contributed by atoms with E-state index in [0.717, 1.165) is 35.4 Å². The molecule has 1 saturated carbocycles. The van der Waals surface area contributed by atoms with Gasteiger partial charge in [-0.2, -0.15) is 0 Å². The number of rotatable bonds is 9. The van der Waals surface area contributed by atoms with E-state index in [1.54, 1.807) is 12.1 Å². The zero-order chi connectivity index (χ0) is 23.7. The molecule has 0 spiro atoms. The Balaban J connectivity index is 1.81. The Morgan fingerprint density at radius 3 is 2.61 bits per heavy atom. The van der Waals surface area contributed by atoms with Crippen LogP contribution < -0.4 is 9.04 Å². The summed E-state index contributed by atoms with van der Waals surface area (Å²) >= 11 is 0. The molecular formula is C24H27FN2O5S. The van der Waals surface area contributed by atoms with Crippen LogP contribution >= 0.6 is 0 Å². The van der Waals surface area contributed by atoms with E-state index in [0.29, 0.717) is 24.6 Å². The molecule has 1 fully saturated rings. The van der Waals surface area contributed by atoms with Crippen LogP contribution in [0.5, 0.6) is 5.75 Å². The quantitative estimate of drug-likeness (QED) is 0.534. The molecule has 2 aromatic carbocycles. The third-order valence-electron chi connectivity index (χ3n) is 6.31. The summed E-state index contributed by atoms with van der Waals surface area (Å²) in [6.45, 7) is 6.78. The van der Waals surface area contributed by atoms with Crippen molar-refractivity contribution in [2.75, 3.05) is 30.5 Å². The van der Waals surface area contributed by atoms with Gasteiger partial charge in [0.05, 0.1) is 18.0 Å². The normalized spacial score (nSPS) is 18.8. The molecule has 1 heterocycles. The van der Waals surface area contributed by atoms with Gasteiger partial charge >= 0.3 is 5.97 Å². The van der Waals surface area contributed by atoms with Crippen molar-refractivity contribution in [3.05, 3.63) is 58.9 Å². The predicted octanol–water partition coefficient (Wildman–Crippen LogP) is 4.04. The minimum absolute atomic E-state index is 0.0264. The van der Waals surface area contributed by atoms with Crippen molar-refractivity contribution < 1.29 is 27.4 Å². The van der Waals surface area contributed by atoms with E-state index in [1.807, 2.05) is 19.9 Å². The van der Waals surface area contributed by atoms with E-state index in [2.05, 4.69) is 4.90 Å². The molecular weight excluding hydrogens is 447 g/mol. The maximum Gasteiger partial charge on any atom is 0.341 e. The second kappa shape index (κ2) is 9.52. The average Bonchev–Trinajstić information content (AvgIpc) is 3.58. The first-order chi connectivity index (χ1) is 15.8. The standard InChI is InChI=1S/C24H27FN2O5S/c1-3-26(4-2)11-5-6-15-12-17(25)7-9-20(15)27(33(30)31)21-10-8-18-19-13-16(19)14-32-23(18)22(21)24(28)29/h5-10,12,16,19,33H,3-4,11,13-14H2,1-2H3,(H,28,29). The number of likely N-dealkylation sites (N-methyl/N-ethyl adjacent to an activating group) is 1. The molecule has 9 heteroatoms. The van der Waals surface area contributed by atoms with Crippen LogP contribution in [-0.4, -0.2) is 50.6 Å². The van der Waals surface area contributed by atoms with Crippen LogP contribution in [0.1, 0.15) is 47.7 Å². The summed E-state index contributed by atoms with van der Waals surface area (Å²) in [6, 6.07) is 6.99. The maximum atomic E-state index is 14.1. The number of benzene rings is 2. The molecule has 176 valence electrons. The summed E-state index contributed by atoms with van der Waals surface area (Å²) in [5, 5.41) is 9.99. The number of nitrogens with zero attached hydrogens (tertiary/aromatic N) is 2. The molecule has 7 nitrogen and oxygen atoms in total. The van der Waals surface area contributed by atoms with Crippen molar-refractivity contribution in [1.29, 1.82) is 0 Å². The zero-order valence-electron chi connectivity index (χ0n) is 18.5. The van der Waals surface area contributed by atoms with Crippen molar-refractivity contribution in [1.82, 2.24) is 4.90 Å². The zero-order valence-corrected chi connectivity index (χ0v) is 19.4. The number of carbonyl (C=O) groups is 1. The highest BCUT2D eigenvalue weighted by molar-refractivity contribution is 7.74. The first-order valence-electron chi connectivity index (χ1n) is 11.0. The summed E-state index contributed by atoms with van der Waals surface area (Å²) in [4.78, 5) is 14.4. The first-order valence-corrected chi connectivity index (χ1v) is 12.1. The van der Waals surface area contributed by atoms with Crippen molar-refractivity contribution in [3.63, 3.8) is 0 Å². The number of hydrogen-bond acceptors (Lipinski definition) is 5. The summed E-state index contributed by atoms with van der Waals surface area (Å²) in [7, 11) is -3.28. The van der Waals surface area contributed by atoms with E-state index < -0.39 is 22.7 Å². The summed E-state index contributed by atoms with van der Waals surface area (Å²) in [5.41, 5.74) is 1.08. The van der Waals surface area contributed by atoms with Crippen LogP contribution in [0.25, 0.3) is 6.08 Å². The number of carboxylic acids is 1. The molecule has 33 heavy (non-hydrogen) atoms. The molecule has 2 aromatic rings. The molecule has 1 aliphatic heterocycles. The second-order valence-electron chi connectivity index (χ2n) is 8.24. The largest absolute Gasteiger partial charge is 0.492 e. The third-order valence-corrected chi connectivity index (χ3v) is 7.07. The summed E-state index contributed by atoms with van der Waals surface area (Å²) in [6.07, 6.45) is 4.43. The molecule has 1 aliphatic carbocycles. The summed E-state index contributed by atoms with van der Waals surface area (Å²) in [5.74, 6) is -0.934. The number of anilines is 2. The molecule has 0 saturated heterocycles. The van der Waals surface area contributed by atoms with Crippen LogP contribution in [-0.2, 0) is 10.9 Å². The van der Waals surface area contributed by atoms with Crippen molar-refractivity contribution >= 4 is 34.3 Å². The van der Waals surface area contributed by atoms with Gasteiger partial charge in [0.25, 0.3) is 0 Å². The molecule has 0 radical (unpaired) electrons. The fourth-order valence-electron chi connectivity index (χ4n) is 4.39. The van der Waals surface area contributed by atoms with Crippen LogP contribution in [0.4, 0.5) is 15.8 Å². The highest BCUT2D eigenvalue weighted by atomic mass is 32.2. The number of fused-ring (bicyclic) bond motifs is 3. The van der Waals surface area contributed by atoms with Gasteiger partial charge in [0.2, 0.25) is 10.9 Å². The van der Waals surface area contributed by atoms with Crippen LogP contribution in [0.3, 0.4) is 0 Å². The lowest BCUT2D eigenvalue weighted by Gasteiger charge is -2.26. The molecule has 4 rings (SSSR count). The van der Waals surface area contributed by atoms with E-state index in [-0.39, 0.29) is 28.6 Å². The van der Waals surface area contributed by atoms with Crippen molar-refractivity contribution in [2.24, 2.45) is 5.92 Å². The van der Waals surface area contributed by atoms with Gasteiger partial charge in [-0.25, -0.2) is 21.9 Å².